The van der Waals surface area contributed by atoms with E-state index in [4.69, 9.17) is 15.2 Å². The molecule has 1 aromatic rings. The first-order valence-corrected chi connectivity index (χ1v) is 8.09. The van der Waals surface area contributed by atoms with Crippen molar-refractivity contribution in [3.05, 3.63) is 47.5 Å². The molecule has 0 amide bonds. The molecule has 3 N–H and O–H groups in total. The van der Waals surface area contributed by atoms with Crippen LogP contribution >= 0.6 is 24.0 Å². The molecule has 0 aromatic heterocycles. The summed E-state index contributed by atoms with van der Waals surface area (Å²) in [6.07, 6.45) is 2.27. The molecule has 0 spiro atoms. The number of hydrogen-bond acceptors (Lipinski definition) is 3. The van der Waals surface area contributed by atoms with E-state index in [1.54, 1.807) is 0 Å². The maximum absolute atomic E-state index is 5.95. The van der Waals surface area contributed by atoms with Gasteiger partial charge in [-0.3, -0.25) is 0 Å². The Morgan fingerprint density at radius 3 is 2.79 bits per heavy atom. The third-order valence-electron chi connectivity index (χ3n) is 3.65. The van der Waals surface area contributed by atoms with Crippen LogP contribution in [-0.4, -0.2) is 31.8 Å². The Morgan fingerprint density at radius 2 is 2.08 bits per heavy atom. The summed E-state index contributed by atoms with van der Waals surface area (Å²) in [4.78, 5) is 4.34. The van der Waals surface area contributed by atoms with Gasteiger partial charge >= 0.3 is 0 Å². The van der Waals surface area contributed by atoms with Crippen molar-refractivity contribution >= 4 is 29.9 Å². The van der Waals surface area contributed by atoms with Gasteiger partial charge in [-0.25, -0.2) is 4.99 Å². The van der Waals surface area contributed by atoms with Gasteiger partial charge in [-0.2, -0.15) is 0 Å². The summed E-state index contributed by atoms with van der Waals surface area (Å²) >= 11 is 0. The SMILES string of the molecule is C=C(C)CNC(N)=NCc1cccc(COC2CCOCC2)c1.I. The normalized spacial score (nSPS) is 15.6. The van der Waals surface area contributed by atoms with E-state index in [2.05, 4.69) is 29.0 Å². The molecule has 0 saturated carbocycles. The molecule has 5 nitrogen and oxygen atoms in total. The summed E-state index contributed by atoms with van der Waals surface area (Å²) in [6, 6.07) is 8.28. The number of nitrogens with one attached hydrogen (secondary N) is 1. The summed E-state index contributed by atoms with van der Waals surface area (Å²) in [7, 11) is 0. The number of nitrogens with zero attached hydrogens (tertiary/aromatic N) is 1. The molecule has 1 fully saturated rings. The molecule has 0 radical (unpaired) electrons. The number of halogens is 1. The predicted molar refractivity (Wildman–Crippen MR) is 109 cm³/mol. The van der Waals surface area contributed by atoms with Crippen LogP contribution in [0, 0.1) is 0 Å². The van der Waals surface area contributed by atoms with Crippen molar-refractivity contribution in [1.29, 1.82) is 0 Å². The van der Waals surface area contributed by atoms with Gasteiger partial charge in [0.2, 0.25) is 0 Å². The largest absolute Gasteiger partial charge is 0.381 e. The molecule has 0 bridgehead atoms. The first-order valence-electron chi connectivity index (χ1n) is 8.09. The Kier molecular flexibility index (Phi) is 9.97. The molecule has 1 saturated heterocycles. The van der Waals surface area contributed by atoms with Crippen molar-refractivity contribution < 1.29 is 9.47 Å². The molecule has 134 valence electrons. The van der Waals surface area contributed by atoms with Gasteiger partial charge in [-0.05, 0) is 30.9 Å². The quantitative estimate of drug-likeness (QED) is 0.293. The van der Waals surface area contributed by atoms with Crippen LogP contribution in [0.4, 0.5) is 0 Å². The first-order chi connectivity index (χ1) is 11.1. The third kappa shape index (κ3) is 8.12. The highest BCUT2D eigenvalue weighted by Gasteiger charge is 2.13. The van der Waals surface area contributed by atoms with Crippen LogP contribution in [0.3, 0.4) is 0 Å². The second-order valence-electron chi connectivity index (χ2n) is 5.95. The maximum Gasteiger partial charge on any atom is 0.189 e. The van der Waals surface area contributed by atoms with Crippen LogP contribution in [0.2, 0.25) is 0 Å². The van der Waals surface area contributed by atoms with Crippen molar-refractivity contribution in [1.82, 2.24) is 5.32 Å². The first kappa shape index (κ1) is 20.9. The Balaban J connectivity index is 0.00000288. The Labute approximate surface area is 161 Å². The number of ether oxygens (including phenoxy) is 2. The van der Waals surface area contributed by atoms with Gasteiger partial charge in [0.1, 0.15) is 0 Å². The van der Waals surface area contributed by atoms with Gasteiger partial charge in [0, 0.05) is 19.8 Å². The molecule has 24 heavy (non-hydrogen) atoms. The van der Waals surface area contributed by atoms with Crippen LogP contribution in [0.1, 0.15) is 30.9 Å². The number of hydrogen-bond donors (Lipinski definition) is 2. The summed E-state index contributed by atoms with van der Waals surface area (Å²) in [5.74, 6) is 0.442. The topological polar surface area (TPSA) is 68.9 Å². The third-order valence-corrected chi connectivity index (χ3v) is 3.65. The van der Waals surface area contributed by atoms with E-state index in [0.29, 0.717) is 31.8 Å². The second kappa shape index (κ2) is 11.4. The predicted octanol–water partition coefficient (Wildman–Crippen LogP) is 2.98. The van der Waals surface area contributed by atoms with E-state index < -0.39 is 0 Å². The standard InChI is InChI=1S/C18H27N3O2.HI/c1-14(2)11-20-18(19)21-12-15-4-3-5-16(10-15)13-23-17-6-8-22-9-7-17;/h3-5,10,17H,1,6-9,11-13H2,2H3,(H3,19,20,21);1H. The van der Waals surface area contributed by atoms with Crippen LogP contribution in [0.5, 0.6) is 0 Å². The molecule has 1 aliphatic heterocycles. The van der Waals surface area contributed by atoms with Crippen molar-refractivity contribution in [3.63, 3.8) is 0 Å². The Morgan fingerprint density at radius 1 is 1.38 bits per heavy atom. The van der Waals surface area contributed by atoms with Crippen molar-refractivity contribution in [2.45, 2.75) is 39.0 Å². The minimum Gasteiger partial charge on any atom is -0.381 e. The summed E-state index contributed by atoms with van der Waals surface area (Å²) in [5, 5.41) is 3.03. The molecular formula is C18H28IN3O2. The van der Waals surface area contributed by atoms with Gasteiger partial charge in [0.25, 0.3) is 0 Å². The van der Waals surface area contributed by atoms with E-state index in [9.17, 15) is 0 Å². The molecule has 1 aliphatic rings. The number of benzene rings is 1. The highest BCUT2D eigenvalue weighted by Crippen LogP contribution is 2.14. The highest BCUT2D eigenvalue weighted by molar-refractivity contribution is 14.0. The zero-order valence-corrected chi connectivity index (χ0v) is 16.6. The van der Waals surface area contributed by atoms with E-state index in [-0.39, 0.29) is 24.0 Å². The van der Waals surface area contributed by atoms with E-state index >= 15 is 0 Å². The molecular weight excluding hydrogens is 417 g/mol. The van der Waals surface area contributed by atoms with E-state index in [1.165, 1.54) is 0 Å². The van der Waals surface area contributed by atoms with Gasteiger partial charge in [0.05, 0.1) is 19.3 Å². The minimum atomic E-state index is 0. The fourth-order valence-electron chi connectivity index (χ4n) is 2.35. The minimum absolute atomic E-state index is 0. The summed E-state index contributed by atoms with van der Waals surface area (Å²) in [5.41, 5.74) is 9.14. The second-order valence-corrected chi connectivity index (χ2v) is 5.95. The van der Waals surface area contributed by atoms with Gasteiger partial charge < -0.3 is 20.5 Å². The lowest BCUT2D eigenvalue weighted by atomic mass is 10.1. The van der Waals surface area contributed by atoms with Crippen molar-refractivity contribution in [3.8, 4) is 0 Å². The number of nitrogens with two attached hydrogens (primary N) is 1. The lowest BCUT2D eigenvalue weighted by Crippen LogP contribution is -2.32. The number of rotatable bonds is 7. The molecule has 2 rings (SSSR count). The summed E-state index contributed by atoms with van der Waals surface area (Å²) < 4.78 is 11.3. The molecule has 0 aliphatic carbocycles. The summed E-state index contributed by atoms with van der Waals surface area (Å²) in [6.45, 7) is 9.20. The van der Waals surface area contributed by atoms with Crippen molar-refractivity contribution in [2.75, 3.05) is 19.8 Å². The smallest absolute Gasteiger partial charge is 0.189 e. The lowest BCUT2D eigenvalue weighted by molar-refractivity contribution is -0.0390. The molecule has 1 heterocycles. The molecule has 1 aromatic carbocycles. The van der Waals surface area contributed by atoms with E-state index in [0.717, 1.165) is 42.8 Å². The average Bonchev–Trinajstić information content (AvgIpc) is 2.57. The number of aliphatic imine (C=N–C) groups is 1. The fourth-order valence-corrected chi connectivity index (χ4v) is 2.35. The zero-order chi connectivity index (χ0) is 16.5. The van der Waals surface area contributed by atoms with Gasteiger partial charge in [0.15, 0.2) is 5.96 Å². The average molecular weight is 445 g/mol. The van der Waals surface area contributed by atoms with E-state index in [1.807, 2.05) is 19.1 Å². The van der Waals surface area contributed by atoms with Gasteiger partial charge in [-0.15, -0.1) is 24.0 Å². The number of guanidine groups is 1. The Bertz CT molecular complexity index is 543. The molecule has 0 atom stereocenters. The lowest BCUT2D eigenvalue weighted by Gasteiger charge is -2.22. The van der Waals surface area contributed by atoms with Crippen LogP contribution in [-0.2, 0) is 22.6 Å². The maximum atomic E-state index is 5.95. The molecule has 0 unspecified atom stereocenters. The Hall–Kier alpha value is -1.12. The molecule has 6 heteroatoms. The van der Waals surface area contributed by atoms with Crippen LogP contribution in [0.25, 0.3) is 0 Å². The fraction of sp³-hybridized carbons (Fsp3) is 0.500. The van der Waals surface area contributed by atoms with Crippen molar-refractivity contribution in [2.24, 2.45) is 10.7 Å². The highest BCUT2D eigenvalue weighted by atomic mass is 127. The zero-order valence-electron chi connectivity index (χ0n) is 14.3. The van der Waals surface area contributed by atoms with Crippen LogP contribution < -0.4 is 11.1 Å². The monoisotopic (exact) mass is 445 g/mol. The van der Waals surface area contributed by atoms with Gasteiger partial charge in [-0.1, -0.05) is 36.4 Å². The van der Waals surface area contributed by atoms with Crippen LogP contribution in [0.15, 0.2) is 41.4 Å².